The third-order valence-corrected chi connectivity index (χ3v) is 5.32. The molecule has 2 aromatic carbocycles. The van der Waals surface area contributed by atoms with Crippen LogP contribution >= 0.6 is 0 Å². The Hall–Kier alpha value is -3.10. The maximum absolute atomic E-state index is 12.4. The van der Waals surface area contributed by atoms with E-state index in [4.69, 9.17) is 19.2 Å². The second-order valence-corrected chi connectivity index (χ2v) is 7.35. The number of hydrogen-bond acceptors (Lipinski definition) is 6. The third-order valence-electron chi connectivity index (χ3n) is 5.32. The van der Waals surface area contributed by atoms with Gasteiger partial charge in [-0.15, -0.1) is 0 Å². The summed E-state index contributed by atoms with van der Waals surface area (Å²) in [5, 5.41) is 2.89. The quantitative estimate of drug-likeness (QED) is 0.599. The highest BCUT2D eigenvalue weighted by Gasteiger charge is 2.16. The number of nitrogens with zero attached hydrogens (tertiary/aromatic N) is 3. The third kappa shape index (κ3) is 4.98. The number of amides is 1. The average molecular weight is 425 g/mol. The number of para-hydroxylation sites is 2. The van der Waals surface area contributed by atoms with Crippen molar-refractivity contribution >= 4 is 22.6 Å². The lowest BCUT2D eigenvalue weighted by molar-refractivity contribution is -0.118. The number of imidazole rings is 1. The van der Waals surface area contributed by atoms with Crippen LogP contribution < -0.4 is 14.8 Å². The molecule has 0 radical (unpaired) electrons. The minimum atomic E-state index is -0.242. The number of aromatic nitrogens is 2. The molecule has 8 heteroatoms. The molecule has 0 aliphatic carbocycles. The number of anilines is 1. The van der Waals surface area contributed by atoms with Gasteiger partial charge in [-0.25, -0.2) is 4.98 Å². The predicted octanol–water partition coefficient (Wildman–Crippen LogP) is 2.91. The Kier molecular flexibility index (Phi) is 6.69. The van der Waals surface area contributed by atoms with Crippen LogP contribution in [0, 0.1) is 0 Å². The van der Waals surface area contributed by atoms with Gasteiger partial charge in [0.15, 0.2) is 18.1 Å². The largest absolute Gasteiger partial charge is 0.493 e. The fourth-order valence-electron chi connectivity index (χ4n) is 3.77. The van der Waals surface area contributed by atoms with Gasteiger partial charge in [0.1, 0.15) is 5.82 Å². The number of benzene rings is 2. The van der Waals surface area contributed by atoms with Crippen LogP contribution in [0.15, 0.2) is 42.5 Å². The van der Waals surface area contributed by atoms with Crippen LogP contribution in [-0.4, -0.2) is 60.4 Å². The van der Waals surface area contributed by atoms with Crippen molar-refractivity contribution in [1.82, 2.24) is 14.5 Å². The number of aryl methyl sites for hydroxylation is 1. The minimum Gasteiger partial charge on any atom is -0.493 e. The van der Waals surface area contributed by atoms with Crippen molar-refractivity contribution in [2.24, 2.45) is 0 Å². The average Bonchev–Trinajstić information content (AvgIpc) is 3.14. The first-order valence-corrected chi connectivity index (χ1v) is 10.5. The van der Waals surface area contributed by atoms with Crippen LogP contribution in [-0.2, 0) is 22.6 Å². The summed E-state index contributed by atoms with van der Waals surface area (Å²) in [7, 11) is 1.57. The van der Waals surface area contributed by atoms with Crippen LogP contribution in [0.25, 0.3) is 11.0 Å². The van der Waals surface area contributed by atoms with Crippen LogP contribution in [0.2, 0.25) is 0 Å². The molecule has 3 aromatic rings. The molecule has 1 amide bonds. The first-order chi connectivity index (χ1) is 15.2. The first-order valence-electron chi connectivity index (χ1n) is 10.5. The highest BCUT2D eigenvalue weighted by molar-refractivity contribution is 5.94. The lowest BCUT2D eigenvalue weighted by atomic mass is 10.2. The standard InChI is InChI=1S/C23H28N4O4/c1-3-27-19-9-8-17(14-18(19)25-22(27)15-26-10-12-30-13-11-26)24-23(28)16-31-21-7-5-4-6-20(21)29-2/h4-9,14H,3,10-13,15-16H2,1-2H3,(H,24,28). The Morgan fingerprint density at radius 1 is 1.16 bits per heavy atom. The van der Waals surface area contributed by atoms with E-state index in [-0.39, 0.29) is 12.5 Å². The summed E-state index contributed by atoms with van der Waals surface area (Å²) >= 11 is 0. The molecule has 0 bridgehead atoms. The van der Waals surface area contributed by atoms with E-state index in [1.165, 1.54) is 0 Å². The number of rotatable bonds is 8. The highest BCUT2D eigenvalue weighted by atomic mass is 16.5. The molecule has 1 saturated heterocycles. The number of hydrogen-bond donors (Lipinski definition) is 1. The van der Waals surface area contributed by atoms with Crippen LogP contribution in [0.1, 0.15) is 12.7 Å². The minimum absolute atomic E-state index is 0.107. The van der Waals surface area contributed by atoms with E-state index in [2.05, 4.69) is 21.7 Å². The fraction of sp³-hybridized carbons (Fsp3) is 0.391. The Morgan fingerprint density at radius 3 is 2.68 bits per heavy atom. The van der Waals surface area contributed by atoms with Crippen molar-refractivity contribution in [3.05, 3.63) is 48.3 Å². The van der Waals surface area contributed by atoms with Gasteiger partial charge in [0.2, 0.25) is 0 Å². The van der Waals surface area contributed by atoms with Crippen molar-refractivity contribution in [2.45, 2.75) is 20.0 Å². The molecule has 0 spiro atoms. The SMILES string of the molecule is CCn1c(CN2CCOCC2)nc2cc(NC(=O)COc3ccccc3OC)ccc21. The fourth-order valence-corrected chi connectivity index (χ4v) is 3.77. The van der Waals surface area contributed by atoms with Gasteiger partial charge >= 0.3 is 0 Å². The van der Waals surface area contributed by atoms with Gasteiger partial charge in [-0.2, -0.15) is 0 Å². The van der Waals surface area contributed by atoms with Gasteiger partial charge in [-0.05, 0) is 37.3 Å². The Balaban J connectivity index is 1.44. The van der Waals surface area contributed by atoms with Crippen molar-refractivity contribution < 1.29 is 19.0 Å². The van der Waals surface area contributed by atoms with Gasteiger partial charge in [0, 0.05) is 25.3 Å². The first kappa shape index (κ1) is 21.1. The van der Waals surface area contributed by atoms with E-state index in [0.717, 1.165) is 56.3 Å². The molecule has 31 heavy (non-hydrogen) atoms. The van der Waals surface area contributed by atoms with Crippen LogP contribution in [0.4, 0.5) is 5.69 Å². The van der Waals surface area contributed by atoms with Gasteiger partial charge in [-0.3, -0.25) is 9.69 Å². The molecule has 1 N–H and O–H groups in total. The summed E-state index contributed by atoms with van der Waals surface area (Å²) in [6.45, 7) is 7.01. The van der Waals surface area contributed by atoms with E-state index in [9.17, 15) is 4.79 Å². The molecule has 1 aliphatic heterocycles. The number of morpholine rings is 1. The Morgan fingerprint density at radius 2 is 1.94 bits per heavy atom. The Bertz CT molecular complexity index is 1040. The van der Waals surface area contributed by atoms with Crippen molar-refractivity contribution in [1.29, 1.82) is 0 Å². The van der Waals surface area contributed by atoms with Crippen molar-refractivity contribution in [2.75, 3.05) is 45.3 Å². The smallest absolute Gasteiger partial charge is 0.262 e. The van der Waals surface area contributed by atoms with Crippen LogP contribution in [0.5, 0.6) is 11.5 Å². The van der Waals surface area contributed by atoms with Gasteiger partial charge in [0.25, 0.3) is 5.91 Å². The number of methoxy groups -OCH3 is 1. The van der Waals surface area contributed by atoms with Crippen molar-refractivity contribution in [3.8, 4) is 11.5 Å². The summed E-state index contributed by atoms with van der Waals surface area (Å²) in [6.07, 6.45) is 0. The summed E-state index contributed by atoms with van der Waals surface area (Å²) in [5.41, 5.74) is 2.63. The molecule has 1 fully saturated rings. The molecule has 2 heterocycles. The van der Waals surface area contributed by atoms with Crippen molar-refractivity contribution in [3.63, 3.8) is 0 Å². The molecule has 0 atom stereocenters. The lowest BCUT2D eigenvalue weighted by Gasteiger charge is -2.26. The molecule has 1 aromatic heterocycles. The van der Waals surface area contributed by atoms with Gasteiger partial charge < -0.3 is 24.1 Å². The number of carbonyl (C=O) groups excluding carboxylic acids is 1. The summed E-state index contributed by atoms with van der Waals surface area (Å²) < 4.78 is 18.5. The number of nitrogens with one attached hydrogen (secondary N) is 1. The summed E-state index contributed by atoms with van der Waals surface area (Å²) in [6, 6.07) is 13.1. The lowest BCUT2D eigenvalue weighted by Crippen LogP contribution is -2.36. The molecule has 0 unspecified atom stereocenters. The normalized spacial score (nSPS) is 14.5. The second-order valence-electron chi connectivity index (χ2n) is 7.35. The number of fused-ring (bicyclic) bond motifs is 1. The zero-order valence-electron chi connectivity index (χ0n) is 18.0. The summed E-state index contributed by atoms with van der Waals surface area (Å²) in [5.74, 6) is 1.91. The molecule has 4 rings (SSSR count). The van der Waals surface area contributed by atoms with Crippen LogP contribution in [0.3, 0.4) is 0 Å². The van der Waals surface area contributed by atoms with E-state index >= 15 is 0 Å². The zero-order valence-corrected chi connectivity index (χ0v) is 18.0. The van der Waals surface area contributed by atoms with E-state index in [1.807, 2.05) is 30.3 Å². The molecular weight excluding hydrogens is 396 g/mol. The Labute approximate surface area is 181 Å². The predicted molar refractivity (Wildman–Crippen MR) is 119 cm³/mol. The molecule has 8 nitrogen and oxygen atoms in total. The van der Waals surface area contributed by atoms with Gasteiger partial charge in [-0.1, -0.05) is 12.1 Å². The molecule has 1 aliphatic rings. The molecule has 0 saturated carbocycles. The maximum atomic E-state index is 12.4. The zero-order chi connectivity index (χ0) is 21.6. The molecular formula is C23H28N4O4. The van der Waals surface area contributed by atoms with Gasteiger partial charge in [0.05, 0.1) is 37.9 Å². The number of ether oxygens (including phenoxy) is 3. The number of carbonyl (C=O) groups is 1. The highest BCUT2D eigenvalue weighted by Crippen LogP contribution is 2.26. The molecule has 164 valence electrons. The maximum Gasteiger partial charge on any atom is 0.262 e. The van der Waals surface area contributed by atoms with E-state index < -0.39 is 0 Å². The van der Waals surface area contributed by atoms with E-state index in [1.54, 1.807) is 19.2 Å². The second kappa shape index (κ2) is 9.80. The topological polar surface area (TPSA) is 77.9 Å². The summed E-state index contributed by atoms with van der Waals surface area (Å²) in [4.78, 5) is 19.6. The van der Waals surface area contributed by atoms with E-state index in [0.29, 0.717) is 17.2 Å². The monoisotopic (exact) mass is 424 g/mol.